The van der Waals surface area contributed by atoms with Gasteiger partial charge < -0.3 is 15.2 Å². The van der Waals surface area contributed by atoms with Gasteiger partial charge in [0, 0.05) is 10.9 Å². The van der Waals surface area contributed by atoms with Gasteiger partial charge in [-0.25, -0.2) is 0 Å². The maximum absolute atomic E-state index is 6.27. The first-order valence-corrected chi connectivity index (χ1v) is 7.47. The van der Waals surface area contributed by atoms with Crippen LogP contribution in [0.15, 0.2) is 28.1 Å². The van der Waals surface area contributed by atoms with Gasteiger partial charge in [-0.2, -0.15) is 0 Å². The van der Waals surface area contributed by atoms with Crippen LogP contribution in [0.4, 0.5) is 0 Å². The van der Waals surface area contributed by atoms with Crippen LogP contribution in [0.5, 0.6) is 11.5 Å². The Balaban J connectivity index is 2.39. The second-order valence-electron chi connectivity index (χ2n) is 3.89. The Morgan fingerprint density at radius 1 is 1.16 bits per heavy atom. The molecule has 0 aliphatic heterocycles. The lowest BCUT2D eigenvalue weighted by Gasteiger charge is -2.13. The third-order valence-electron chi connectivity index (χ3n) is 2.70. The molecule has 0 saturated carbocycles. The largest absolute Gasteiger partial charge is 0.497 e. The van der Waals surface area contributed by atoms with E-state index in [1.165, 1.54) is 11.3 Å². The minimum absolute atomic E-state index is 0.266. The Hall–Kier alpha value is -0.750. The van der Waals surface area contributed by atoms with Crippen LogP contribution >= 0.6 is 38.9 Å². The van der Waals surface area contributed by atoms with Crippen LogP contribution < -0.4 is 15.2 Å². The van der Waals surface area contributed by atoms with E-state index in [1.54, 1.807) is 14.2 Å². The van der Waals surface area contributed by atoms with Crippen molar-refractivity contribution >= 4 is 38.9 Å². The zero-order valence-electron chi connectivity index (χ0n) is 10.4. The van der Waals surface area contributed by atoms with Crippen molar-refractivity contribution in [3.05, 3.63) is 43.5 Å². The van der Waals surface area contributed by atoms with Crippen LogP contribution in [-0.4, -0.2) is 14.2 Å². The first-order chi connectivity index (χ1) is 9.05. The standard InChI is InChI=1S/C13H13BrClNO2S/c1-17-8-3-7(4-9(5-8)18-2)12(16)11-6-10(15)13(14)19-11/h3-6,12H,16H2,1-2H3. The summed E-state index contributed by atoms with van der Waals surface area (Å²) in [5, 5.41) is 0.672. The van der Waals surface area contributed by atoms with E-state index in [0.29, 0.717) is 16.5 Å². The fourth-order valence-electron chi connectivity index (χ4n) is 1.69. The molecule has 2 N–H and O–H groups in total. The lowest BCUT2D eigenvalue weighted by molar-refractivity contribution is 0.393. The summed E-state index contributed by atoms with van der Waals surface area (Å²) < 4.78 is 11.4. The van der Waals surface area contributed by atoms with E-state index in [0.717, 1.165) is 14.2 Å². The van der Waals surface area contributed by atoms with Crippen LogP contribution in [0.2, 0.25) is 5.02 Å². The minimum atomic E-state index is -0.266. The van der Waals surface area contributed by atoms with Gasteiger partial charge >= 0.3 is 0 Å². The molecule has 0 amide bonds. The normalized spacial score (nSPS) is 12.3. The van der Waals surface area contributed by atoms with Crippen LogP contribution in [0.3, 0.4) is 0 Å². The summed E-state index contributed by atoms with van der Waals surface area (Å²) in [5.74, 6) is 1.43. The minimum Gasteiger partial charge on any atom is -0.497 e. The van der Waals surface area contributed by atoms with Crippen LogP contribution in [0.25, 0.3) is 0 Å². The Morgan fingerprint density at radius 2 is 1.74 bits per heavy atom. The maximum atomic E-state index is 6.27. The number of hydrogen-bond donors (Lipinski definition) is 1. The van der Waals surface area contributed by atoms with E-state index < -0.39 is 0 Å². The summed E-state index contributed by atoms with van der Waals surface area (Å²) >= 11 is 11.0. The molecule has 1 heterocycles. The van der Waals surface area contributed by atoms with Crippen molar-refractivity contribution in [2.24, 2.45) is 5.73 Å². The van der Waals surface area contributed by atoms with Gasteiger partial charge in [-0.15, -0.1) is 11.3 Å². The molecule has 0 bridgehead atoms. The quantitative estimate of drug-likeness (QED) is 0.885. The summed E-state index contributed by atoms with van der Waals surface area (Å²) in [6.45, 7) is 0. The maximum Gasteiger partial charge on any atom is 0.122 e. The van der Waals surface area contributed by atoms with Gasteiger partial charge in [0.25, 0.3) is 0 Å². The molecule has 2 aromatic rings. The summed E-state index contributed by atoms with van der Waals surface area (Å²) in [4.78, 5) is 0.979. The van der Waals surface area contributed by atoms with Gasteiger partial charge in [-0.1, -0.05) is 11.6 Å². The van der Waals surface area contributed by atoms with Gasteiger partial charge in [-0.3, -0.25) is 0 Å². The Morgan fingerprint density at radius 3 is 2.16 bits per heavy atom. The average molecular weight is 363 g/mol. The molecule has 0 radical (unpaired) electrons. The van der Waals surface area contributed by atoms with E-state index >= 15 is 0 Å². The van der Waals surface area contributed by atoms with Crippen LogP contribution in [0, 0.1) is 0 Å². The zero-order valence-corrected chi connectivity index (χ0v) is 13.6. The lowest BCUT2D eigenvalue weighted by atomic mass is 10.1. The van der Waals surface area contributed by atoms with Gasteiger partial charge in [0.15, 0.2) is 0 Å². The smallest absolute Gasteiger partial charge is 0.122 e. The fraction of sp³-hybridized carbons (Fsp3) is 0.231. The van der Waals surface area contributed by atoms with E-state index in [9.17, 15) is 0 Å². The Bertz CT molecular complexity index is 546. The lowest BCUT2D eigenvalue weighted by Crippen LogP contribution is -2.10. The second-order valence-corrected chi connectivity index (χ2v) is 6.70. The van der Waals surface area contributed by atoms with Gasteiger partial charge in [0.1, 0.15) is 11.5 Å². The molecule has 0 fully saturated rings. The number of ether oxygens (including phenoxy) is 2. The Kier molecular flexibility index (Phi) is 4.73. The average Bonchev–Trinajstić information content (AvgIpc) is 2.77. The first-order valence-electron chi connectivity index (χ1n) is 5.48. The zero-order chi connectivity index (χ0) is 14.0. The molecule has 0 spiro atoms. The number of benzene rings is 1. The molecule has 1 unspecified atom stereocenters. The number of nitrogens with two attached hydrogens (primary N) is 1. The highest BCUT2D eigenvalue weighted by Gasteiger charge is 2.16. The molecule has 2 rings (SSSR count). The molecular formula is C13H13BrClNO2S. The van der Waals surface area contributed by atoms with Crippen molar-refractivity contribution in [1.82, 2.24) is 0 Å². The van der Waals surface area contributed by atoms with Gasteiger partial charge in [0.05, 0.1) is 29.1 Å². The van der Waals surface area contributed by atoms with E-state index in [-0.39, 0.29) is 6.04 Å². The molecule has 0 saturated heterocycles. The van der Waals surface area contributed by atoms with Gasteiger partial charge in [0.2, 0.25) is 0 Å². The van der Waals surface area contributed by atoms with E-state index in [4.69, 9.17) is 26.8 Å². The predicted molar refractivity (Wildman–Crippen MR) is 82.6 cm³/mol. The summed E-state index contributed by atoms with van der Waals surface area (Å²) in [6, 6.07) is 7.21. The number of methoxy groups -OCH3 is 2. The molecule has 6 heteroatoms. The van der Waals surface area contributed by atoms with Crippen molar-refractivity contribution in [1.29, 1.82) is 0 Å². The molecular weight excluding hydrogens is 350 g/mol. The molecule has 0 aliphatic carbocycles. The number of rotatable bonds is 4. The topological polar surface area (TPSA) is 44.5 Å². The Labute approximate surface area is 129 Å². The molecule has 3 nitrogen and oxygen atoms in total. The molecule has 1 atom stereocenters. The highest BCUT2D eigenvalue weighted by molar-refractivity contribution is 9.11. The van der Waals surface area contributed by atoms with Crippen LogP contribution in [0.1, 0.15) is 16.5 Å². The van der Waals surface area contributed by atoms with Crippen molar-refractivity contribution in [3.8, 4) is 11.5 Å². The number of hydrogen-bond acceptors (Lipinski definition) is 4. The highest BCUT2D eigenvalue weighted by Crippen LogP contribution is 2.37. The number of thiophene rings is 1. The SMILES string of the molecule is COc1cc(OC)cc(C(N)c2cc(Cl)c(Br)s2)c1. The molecule has 1 aromatic heterocycles. The van der Waals surface area contributed by atoms with Crippen LogP contribution in [-0.2, 0) is 0 Å². The molecule has 19 heavy (non-hydrogen) atoms. The number of halogens is 2. The molecule has 0 aliphatic rings. The van der Waals surface area contributed by atoms with Gasteiger partial charge in [-0.05, 0) is 39.7 Å². The van der Waals surface area contributed by atoms with E-state index in [2.05, 4.69) is 15.9 Å². The molecule has 102 valence electrons. The van der Waals surface area contributed by atoms with Crippen molar-refractivity contribution in [3.63, 3.8) is 0 Å². The fourth-order valence-corrected chi connectivity index (χ4v) is 3.47. The third kappa shape index (κ3) is 3.23. The third-order valence-corrected chi connectivity index (χ3v) is 5.26. The summed E-state index contributed by atoms with van der Waals surface area (Å²) in [7, 11) is 3.23. The van der Waals surface area contributed by atoms with Crippen molar-refractivity contribution in [2.75, 3.05) is 14.2 Å². The second kappa shape index (κ2) is 6.13. The van der Waals surface area contributed by atoms with E-state index in [1.807, 2.05) is 24.3 Å². The summed E-state index contributed by atoms with van der Waals surface area (Å²) in [5.41, 5.74) is 7.18. The van der Waals surface area contributed by atoms with Crippen molar-refractivity contribution < 1.29 is 9.47 Å². The summed E-state index contributed by atoms with van der Waals surface area (Å²) in [6.07, 6.45) is 0. The first kappa shape index (κ1) is 14.7. The van der Waals surface area contributed by atoms with Crippen molar-refractivity contribution in [2.45, 2.75) is 6.04 Å². The predicted octanol–water partition coefficient (Wildman–Crippen LogP) is 4.23. The molecule has 1 aromatic carbocycles. The monoisotopic (exact) mass is 361 g/mol. The highest BCUT2D eigenvalue weighted by atomic mass is 79.9.